The number of nitrogens with zero attached hydrogens (tertiary/aromatic N) is 1. The average molecular weight is 201 g/mol. The number of rotatable bonds is 3. The minimum atomic E-state index is -2.49. The Bertz CT molecular complexity index is 357. The maximum Gasteiger partial charge on any atom is 0.256 e. The Balaban J connectivity index is 3.08. The van der Waals surface area contributed by atoms with Crippen LogP contribution in [-0.2, 0) is 6.54 Å². The Labute approximate surface area is 81.2 Å². The van der Waals surface area contributed by atoms with Crippen LogP contribution in [0.25, 0.3) is 0 Å². The lowest BCUT2D eigenvalue weighted by Gasteiger charge is -2.09. The molecule has 0 bridgehead atoms. The molecule has 2 nitrogen and oxygen atoms in total. The second-order valence-electron chi connectivity index (χ2n) is 3.47. The molecule has 0 aromatic carbocycles. The van der Waals surface area contributed by atoms with Gasteiger partial charge < -0.3 is 4.57 Å². The normalized spacial score (nSPS) is 11.3. The third-order valence-corrected chi connectivity index (χ3v) is 2.01. The number of aromatic nitrogens is 1. The Morgan fingerprint density at radius 3 is 2.57 bits per heavy atom. The van der Waals surface area contributed by atoms with E-state index in [0.29, 0.717) is 5.56 Å². The van der Waals surface area contributed by atoms with E-state index in [1.165, 1.54) is 6.20 Å². The van der Waals surface area contributed by atoms with Gasteiger partial charge in [0.25, 0.3) is 12.0 Å². The first kappa shape index (κ1) is 10.9. The van der Waals surface area contributed by atoms with Gasteiger partial charge in [0.1, 0.15) is 0 Å². The van der Waals surface area contributed by atoms with E-state index >= 15 is 0 Å². The van der Waals surface area contributed by atoms with Gasteiger partial charge in [0.2, 0.25) is 0 Å². The molecule has 1 heterocycles. The average Bonchev–Trinajstić information content (AvgIpc) is 2.07. The van der Waals surface area contributed by atoms with Gasteiger partial charge in [0, 0.05) is 11.8 Å². The van der Waals surface area contributed by atoms with Gasteiger partial charge in [-0.15, -0.1) is 0 Å². The number of pyridine rings is 1. The fourth-order valence-corrected chi connectivity index (χ4v) is 1.29. The van der Waals surface area contributed by atoms with Gasteiger partial charge in [-0.3, -0.25) is 4.79 Å². The predicted molar refractivity (Wildman–Crippen MR) is 50.8 cm³/mol. The van der Waals surface area contributed by atoms with Crippen LogP contribution >= 0.6 is 0 Å². The Hall–Kier alpha value is -1.19. The Morgan fingerprint density at radius 2 is 2.07 bits per heavy atom. The van der Waals surface area contributed by atoms with Crippen molar-refractivity contribution in [3.8, 4) is 0 Å². The molecule has 1 aromatic rings. The fraction of sp³-hybridized carbons (Fsp3) is 0.500. The van der Waals surface area contributed by atoms with E-state index in [4.69, 9.17) is 0 Å². The van der Waals surface area contributed by atoms with Crippen molar-refractivity contribution in [3.63, 3.8) is 0 Å². The van der Waals surface area contributed by atoms with E-state index in [1.807, 2.05) is 13.8 Å². The second kappa shape index (κ2) is 4.35. The summed E-state index contributed by atoms with van der Waals surface area (Å²) in [5.41, 5.74) is 0.260. The highest BCUT2D eigenvalue weighted by Crippen LogP contribution is 2.08. The lowest BCUT2D eigenvalue weighted by molar-refractivity contribution is 0.125. The van der Waals surface area contributed by atoms with Gasteiger partial charge >= 0.3 is 0 Å². The van der Waals surface area contributed by atoms with Crippen LogP contribution in [0.1, 0.15) is 25.3 Å². The number of hydrogen-bond donors (Lipinski definition) is 0. The molecular formula is C10H13F2NO. The molecular weight excluding hydrogens is 188 g/mol. The quantitative estimate of drug-likeness (QED) is 0.735. The molecule has 1 rings (SSSR count). The van der Waals surface area contributed by atoms with Crippen molar-refractivity contribution in [2.45, 2.75) is 32.7 Å². The molecule has 0 fully saturated rings. The van der Waals surface area contributed by atoms with Crippen molar-refractivity contribution < 1.29 is 8.78 Å². The highest BCUT2D eigenvalue weighted by molar-refractivity contribution is 5.14. The molecule has 0 aliphatic rings. The van der Waals surface area contributed by atoms with Crippen molar-refractivity contribution in [3.05, 3.63) is 34.2 Å². The maximum atomic E-state index is 12.1. The van der Waals surface area contributed by atoms with Gasteiger partial charge in [-0.2, -0.15) is 0 Å². The van der Waals surface area contributed by atoms with Crippen LogP contribution in [0.4, 0.5) is 8.78 Å². The molecule has 0 spiro atoms. The zero-order valence-corrected chi connectivity index (χ0v) is 8.21. The summed E-state index contributed by atoms with van der Waals surface area (Å²) in [4.78, 5) is 11.6. The molecule has 0 aliphatic carbocycles. The maximum absolute atomic E-state index is 12.1. The first-order valence-electron chi connectivity index (χ1n) is 4.50. The standard InChI is InChI=1S/C10H13F2NO/c1-7(2)8-4-3-5-13(10(8)14)6-9(11)12/h3-5,7,9H,6H2,1-2H3. The van der Waals surface area contributed by atoms with E-state index in [0.717, 1.165) is 4.57 Å². The third kappa shape index (κ3) is 2.40. The number of halogens is 2. The largest absolute Gasteiger partial charge is 0.310 e. The summed E-state index contributed by atoms with van der Waals surface area (Å²) in [5, 5.41) is 0. The van der Waals surface area contributed by atoms with E-state index in [9.17, 15) is 13.6 Å². The smallest absolute Gasteiger partial charge is 0.256 e. The van der Waals surface area contributed by atoms with E-state index in [2.05, 4.69) is 0 Å². The van der Waals surface area contributed by atoms with Crippen LogP contribution in [0.3, 0.4) is 0 Å². The Kier molecular flexibility index (Phi) is 3.38. The Morgan fingerprint density at radius 1 is 1.43 bits per heavy atom. The highest BCUT2D eigenvalue weighted by Gasteiger charge is 2.09. The van der Waals surface area contributed by atoms with Gasteiger partial charge in [0.15, 0.2) is 0 Å². The molecule has 0 atom stereocenters. The third-order valence-electron chi connectivity index (χ3n) is 2.01. The molecule has 0 amide bonds. The molecule has 0 saturated heterocycles. The van der Waals surface area contributed by atoms with Gasteiger partial charge in [-0.1, -0.05) is 19.9 Å². The molecule has 0 radical (unpaired) electrons. The van der Waals surface area contributed by atoms with Gasteiger partial charge in [-0.05, 0) is 12.0 Å². The monoisotopic (exact) mass is 201 g/mol. The van der Waals surface area contributed by atoms with Crippen LogP contribution in [0, 0.1) is 0 Å². The minimum Gasteiger partial charge on any atom is -0.310 e. The summed E-state index contributed by atoms with van der Waals surface area (Å²) in [7, 11) is 0. The lowest BCUT2D eigenvalue weighted by Crippen LogP contribution is -2.26. The van der Waals surface area contributed by atoms with Gasteiger partial charge in [0.05, 0.1) is 6.54 Å². The molecule has 1 aromatic heterocycles. The van der Waals surface area contributed by atoms with Crippen molar-refractivity contribution in [2.75, 3.05) is 0 Å². The first-order valence-corrected chi connectivity index (χ1v) is 4.50. The molecule has 14 heavy (non-hydrogen) atoms. The van der Waals surface area contributed by atoms with Crippen LogP contribution in [0.5, 0.6) is 0 Å². The summed E-state index contributed by atoms with van der Waals surface area (Å²) in [6.07, 6.45) is -1.10. The van der Waals surface area contributed by atoms with Crippen molar-refractivity contribution in [2.24, 2.45) is 0 Å². The summed E-state index contributed by atoms with van der Waals surface area (Å²) in [6, 6.07) is 3.30. The van der Waals surface area contributed by atoms with Crippen molar-refractivity contribution >= 4 is 0 Å². The summed E-state index contributed by atoms with van der Waals surface area (Å²) >= 11 is 0. The second-order valence-corrected chi connectivity index (χ2v) is 3.47. The van der Waals surface area contributed by atoms with Crippen LogP contribution in [0.2, 0.25) is 0 Å². The SMILES string of the molecule is CC(C)c1cccn(CC(F)F)c1=O. The number of hydrogen-bond acceptors (Lipinski definition) is 1. The van der Waals surface area contributed by atoms with Crippen LogP contribution < -0.4 is 5.56 Å². The summed E-state index contributed by atoms with van der Waals surface area (Å²) < 4.78 is 25.2. The molecule has 4 heteroatoms. The van der Waals surface area contributed by atoms with E-state index in [-0.39, 0.29) is 11.5 Å². The fourth-order valence-electron chi connectivity index (χ4n) is 1.29. The zero-order chi connectivity index (χ0) is 10.7. The van der Waals surface area contributed by atoms with Crippen molar-refractivity contribution in [1.82, 2.24) is 4.57 Å². The van der Waals surface area contributed by atoms with Gasteiger partial charge in [-0.25, -0.2) is 8.78 Å². The van der Waals surface area contributed by atoms with Crippen molar-refractivity contribution in [1.29, 1.82) is 0 Å². The highest BCUT2D eigenvalue weighted by atomic mass is 19.3. The molecule has 78 valence electrons. The minimum absolute atomic E-state index is 0.0626. The topological polar surface area (TPSA) is 22.0 Å². The molecule has 0 saturated carbocycles. The predicted octanol–water partition coefficient (Wildman–Crippen LogP) is 2.24. The first-order chi connectivity index (χ1) is 6.52. The van der Waals surface area contributed by atoms with Crippen LogP contribution in [-0.4, -0.2) is 11.0 Å². The lowest BCUT2D eigenvalue weighted by atomic mass is 10.1. The zero-order valence-electron chi connectivity index (χ0n) is 8.21. The summed E-state index contributed by atoms with van der Waals surface area (Å²) in [6.45, 7) is 3.20. The van der Waals surface area contributed by atoms with E-state index in [1.54, 1.807) is 12.1 Å². The number of alkyl halides is 2. The summed E-state index contributed by atoms with van der Waals surface area (Å²) in [5.74, 6) is 0.0626. The van der Waals surface area contributed by atoms with Crippen LogP contribution in [0.15, 0.2) is 23.1 Å². The molecule has 0 unspecified atom stereocenters. The molecule has 0 N–H and O–H groups in total. The van der Waals surface area contributed by atoms with E-state index < -0.39 is 13.0 Å². The molecule has 0 aliphatic heterocycles.